The smallest absolute Gasteiger partial charge is 0.331 e. The number of aryl methyl sites for hydroxylation is 1. The topological polar surface area (TPSA) is 68.3 Å². The van der Waals surface area contributed by atoms with Gasteiger partial charge in [-0.3, -0.25) is 9.78 Å². The number of amides is 1. The van der Waals surface area contributed by atoms with Crippen molar-refractivity contribution in [2.75, 3.05) is 11.9 Å². The third kappa shape index (κ3) is 4.33. The Morgan fingerprint density at radius 1 is 1.08 bits per heavy atom. The number of anilines is 1. The summed E-state index contributed by atoms with van der Waals surface area (Å²) in [6.07, 6.45) is 4.63. The molecule has 2 aromatic carbocycles. The van der Waals surface area contributed by atoms with Crippen molar-refractivity contribution in [3.05, 3.63) is 78.0 Å². The molecule has 0 radical (unpaired) electrons. The van der Waals surface area contributed by atoms with E-state index in [1.165, 1.54) is 6.08 Å². The number of aromatic nitrogens is 1. The van der Waals surface area contributed by atoms with E-state index in [9.17, 15) is 9.59 Å². The quantitative estimate of drug-likeness (QED) is 0.564. The van der Waals surface area contributed by atoms with Crippen LogP contribution in [0.1, 0.15) is 11.1 Å². The number of hydrogen-bond acceptors (Lipinski definition) is 4. The van der Waals surface area contributed by atoms with Gasteiger partial charge in [0, 0.05) is 28.9 Å². The highest BCUT2D eigenvalue weighted by Crippen LogP contribution is 2.17. The summed E-state index contributed by atoms with van der Waals surface area (Å²) in [4.78, 5) is 28.1. The summed E-state index contributed by atoms with van der Waals surface area (Å²) in [6, 6.07) is 16.9. The summed E-state index contributed by atoms with van der Waals surface area (Å²) >= 11 is 0. The Balaban J connectivity index is 1.58. The first-order chi connectivity index (χ1) is 12.6. The maximum Gasteiger partial charge on any atom is 0.331 e. The first kappa shape index (κ1) is 17.4. The fourth-order valence-electron chi connectivity index (χ4n) is 2.50. The minimum absolute atomic E-state index is 0.342. The van der Waals surface area contributed by atoms with Gasteiger partial charge >= 0.3 is 5.97 Å². The van der Waals surface area contributed by atoms with Crippen molar-refractivity contribution in [1.82, 2.24) is 4.98 Å². The molecule has 0 bridgehead atoms. The second kappa shape index (κ2) is 8.07. The number of nitrogens with zero attached hydrogens (tertiary/aromatic N) is 1. The van der Waals surface area contributed by atoms with E-state index in [-0.39, 0.29) is 12.5 Å². The van der Waals surface area contributed by atoms with Gasteiger partial charge in [0.15, 0.2) is 6.61 Å². The van der Waals surface area contributed by atoms with Crippen molar-refractivity contribution in [1.29, 1.82) is 0 Å². The average Bonchev–Trinajstić information content (AvgIpc) is 2.66. The molecule has 5 nitrogen and oxygen atoms in total. The lowest BCUT2D eigenvalue weighted by Crippen LogP contribution is -2.20. The number of benzene rings is 2. The molecule has 1 N–H and O–H groups in total. The largest absolute Gasteiger partial charge is 0.452 e. The molecule has 26 heavy (non-hydrogen) atoms. The molecular weight excluding hydrogens is 328 g/mol. The van der Waals surface area contributed by atoms with Crippen LogP contribution in [0.2, 0.25) is 0 Å². The molecule has 1 heterocycles. The lowest BCUT2D eigenvalue weighted by atomic mass is 10.1. The molecule has 3 aromatic rings. The summed E-state index contributed by atoms with van der Waals surface area (Å²) in [7, 11) is 0. The number of carbonyl (C=O) groups excluding carboxylic acids is 2. The van der Waals surface area contributed by atoms with E-state index in [1.807, 2.05) is 55.5 Å². The number of nitrogens with one attached hydrogen (secondary N) is 1. The molecular formula is C21H18N2O3. The fourth-order valence-corrected chi connectivity index (χ4v) is 2.50. The van der Waals surface area contributed by atoms with Crippen LogP contribution in [0.4, 0.5) is 5.69 Å². The van der Waals surface area contributed by atoms with Crippen molar-refractivity contribution < 1.29 is 14.3 Å². The van der Waals surface area contributed by atoms with Crippen LogP contribution in [-0.4, -0.2) is 23.5 Å². The number of rotatable bonds is 5. The van der Waals surface area contributed by atoms with E-state index >= 15 is 0 Å². The number of pyridine rings is 1. The number of esters is 1. The van der Waals surface area contributed by atoms with Crippen molar-refractivity contribution in [2.45, 2.75) is 6.92 Å². The van der Waals surface area contributed by atoms with Gasteiger partial charge in [0.05, 0.1) is 5.52 Å². The number of hydrogen-bond donors (Lipinski definition) is 1. The molecule has 5 heteroatoms. The molecule has 0 unspecified atom stereocenters. The first-order valence-corrected chi connectivity index (χ1v) is 8.17. The third-order valence-corrected chi connectivity index (χ3v) is 3.83. The van der Waals surface area contributed by atoms with Crippen molar-refractivity contribution >= 4 is 34.5 Å². The lowest BCUT2D eigenvalue weighted by molar-refractivity contribution is -0.142. The van der Waals surface area contributed by atoms with Gasteiger partial charge in [0.2, 0.25) is 0 Å². The number of para-hydroxylation sites is 2. The summed E-state index contributed by atoms with van der Waals surface area (Å²) < 4.78 is 4.99. The molecule has 0 atom stereocenters. The molecule has 0 fully saturated rings. The van der Waals surface area contributed by atoms with Gasteiger partial charge in [-0.15, -0.1) is 0 Å². The van der Waals surface area contributed by atoms with Gasteiger partial charge in [-0.25, -0.2) is 4.79 Å². The van der Waals surface area contributed by atoms with E-state index in [4.69, 9.17) is 4.74 Å². The van der Waals surface area contributed by atoms with Crippen LogP contribution in [0, 0.1) is 6.92 Å². The Morgan fingerprint density at radius 2 is 1.88 bits per heavy atom. The molecule has 0 aliphatic heterocycles. The van der Waals surface area contributed by atoms with Crippen LogP contribution >= 0.6 is 0 Å². The van der Waals surface area contributed by atoms with Crippen molar-refractivity contribution in [3.8, 4) is 0 Å². The Morgan fingerprint density at radius 3 is 2.73 bits per heavy atom. The zero-order valence-corrected chi connectivity index (χ0v) is 14.3. The molecule has 0 aliphatic rings. The highest BCUT2D eigenvalue weighted by atomic mass is 16.5. The van der Waals surface area contributed by atoms with Crippen LogP contribution in [0.15, 0.2) is 66.9 Å². The van der Waals surface area contributed by atoms with Gasteiger partial charge in [-0.2, -0.15) is 0 Å². The maximum absolute atomic E-state index is 11.9. The summed E-state index contributed by atoms with van der Waals surface area (Å²) in [5.41, 5.74) is 3.25. The Hall–Kier alpha value is -3.47. The number of ether oxygens (including phenoxy) is 1. The van der Waals surface area contributed by atoms with E-state index in [0.717, 1.165) is 22.0 Å². The first-order valence-electron chi connectivity index (χ1n) is 8.17. The van der Waals surface area contributed by atoms with Crippen LogP contribution in [0.5, 0.6) is 0 Å². The standard InChI is InChI=1S/C21H18N2O3/c1-15-6-2-3-10-18(15)23-19(24)14-26-20(25)12-11-17-8-4-7-16-9-5-13-22-21(16)17/h2-13H,14H2,1H3,(H,23,24)/b12-11-. The zero-order chi connectivity index (χ0) is 18.4. The predicted octanol–water partition coefficient (Wildman–Crippen LogP) is 3.74. The highest BCUT2D eigenvalue weighted by molar-refractivity contribution is 5.96. The van der Waals surface area contributed by atoms with Crippen LogP contribution in [0.3, 0.4) is 0 Å². The Labute approximate surface area is 151 Å². The molecule has 3 rings (SSSR count). The van der Waals surface area contributed by atoms with Gasteiger partial charge in [-0.1, -0.05) is 42.5 Å². The molecule has 1 amide bonds. The Bertz CT molecular complexity index is 974. The van der Waals surface area contributed by atoms with E-state index < -0.39 is 5.97 Å². The van der Waals surface area contributed by atoms with Gasteiger partial charge in [-0.05, 0) is 30.7 Å². The molecule has 130 valence electrons. The predicted molar refractivity (Wildman–Crippen MR) is 102 cm³/mol. The van der Waals surface area contributed by atoms with E-state index in [1.54, 1.807) is 18.3 Å². The molecule has 0 aliphatic carbocycles. The second-order valence-electron chi connectivity index (χ2n) is 5.73. The van der Waals surface area contributed by atoms with Crippen molar-refractivity contribution in [3.63, 3.8) is 0 Å². The van der Waals surface area contributed by atoms with E-state index in [0.29, 0.717) is 5.69 Å². The highest BCUT2D eigenvalue weighted by Gasteiger charge is 2.07. The molecule has 1 aromatic heterocycles. The van der Waals surface area contributed by atoms with E-state index in [2.05, 4.69) is 10.3 Å². The fraction of sp³-hybridized carbons (Fsp3) is 0.0952. The minimum Gasteiger partial charge on any atom is -0.452 e. The molecule has 0 spiro atoms. The lowest BCUT2D eigenvalue weighted by Gasteiger charge is -2.07. The van der Waals surface area contributed by atoms with Crippen molar-refractivity contribution in [2.24, 2.45) is 0 Å². The SMILES string of the molecule is Cc1ccccc1NC(=O)COC(=O)/C=C\c1cccc2cccnc12. The second-order valence-corrected chi connectivity index (χ2v) is 5.73. The van der Waals surface area contributed by atoms with Gasteiger partial charge in [0.25, 0.3) is 5.91 Å². The molecule has 0 saturated heterocycles. The van der Waals surface area contributed by atoms with Crippen LogP contribution in [-0.2, 0) is 14.3 Å². The number of fused-ring (bicyclic) bond motifs is 1. The average molecular weight is 346 g/mol. The summed E-state index contributed by atoms with van der Waals surface area (Å²) in [5, 5.41) is 3.70. The minimum atomic E-state index is -0.585. The Kier molecular flexibility index (Phi) is 5.39. The number of carbonyl (C=O) groups is 2. The third-order valence-electron chi connectivity index (χ3n) is 3.83. The van der Waals surface area contributed by atoms with Gasteiger partial charge in [0.1, 0.15) is 0 Å². The summed E-state index contributed by atoms with van der Waals surface area (Å²) in [6.45, 7) is 1.55. The molecule has 0 saturated carbocycles. The van der Waals surface area contributed by atoms with Gasteiger partial charge < -0.3 is 10.1 Å². The normalized spacial score (nSPS) is 10.8. The monoisotopic (exact) mass is 346 g/mol. The van der Waals surface area contributed by atoms with Crippen LogP contribution in [0.25, 0.3) is 17.0 Å². The maximum atomic E-state index is 11.9. The van der Waals surface area contributed by atoms with Crippen LogP contribution < -0.4 is 5.32 Å². The zero-order valence-electron chi connectivity index (χ0n) is 14.3. The summed E-state index contributed by atoms with van der Waals surface area (Å²) in [5.74, 6) is -0.967.